The van der Waals surface area contributed by atoms with E-state index in [2.05, 4.69) is 0 Å². The van der Waals surface area contributed by atoms with Crippen LogP contribution < -0.4 is 0 Å². The van der Waals surface area contributed by atoms with Crippen LogP contribution in [0.2, 0.25) is 0 Å². The summed E-state index contributed by atoms with van der Waals surface area (Å²) >= 11 is 0. The zero-order valence-electron chi connectivity index (χ0n) is 10.7. The summed E-state index contributed by atoms with van der Waals surface area (Å²) < 4.78 is 5.54. The molecule has 0 heterocycles. The Morgan fingerprint density at radius 1 is 1.12 bits per heavy atom. The highest BCUT2D eigenvalue weighted by molar-refractivity contribution is 5.67. The summed E-state index contributed by atoms with van der Waals surface area (Å²) in [7, 11) is 0. The van der Waals surface area contributed by atoms with Crippen molar-refractivity contribution in [2.24, 2.45) is 10.8 Å². The zero-order chi connectivity index (χ0) is 12.8. The van der Waals surface area contributed by atoms with E-state index < -0.39 is 5.97 Å². The largest absolute Gasteiger partial charge is 0.481 e. The summed E-state index contributed by atoms with van der Waals surface area (Å²) in [5.41, 5.74) is -0.408. The molecule has 2 N–H and O–H groups in total. The molecular formula is C12H24O4. The third-order valence-electron chi connectivity index (χ3n) is 2.40. The molecule has 0 rings (SSSR count). The Hall–Kier alpha value is -0.610. The fourth-order valence-electron chi connectivity index (χ4n) is 1.44. The number of ether oxygens (including phenoxy) is 1. The van der Waals surface area contributed by atoms with Gasteiger partial charge in [-0.05, 0) is 17.3 Å². The van der Waals surface area contributed by atoms with Gasteiger partial charge in [-0.3, -0.25) is 4.79 Å². The van der Waals surface area contributed by atoms with Crippen LogP contribution in [0, 0.1) is 10.8 Å². The normalized spacial score (nSPS) is 12.8. The first kappa shape index (κ1) is 15.4. The molecular weight excluding hydrogens is 208 g/mol. The van der Waals surface area contributed by atoms with Gasteiger partial charge in [0.05, 0.1) is 19.6 Å². The highest BCUT2D eigenvalue weighted by atomic mass is 16.5. The molecule has 0 spiro atoms. The van der Waals surface area contributed by atoms with Crippen LogP contribution in [0.25, 0.3) is 0 Å². The van der Waals surface area contributed by atoms with Crippen LogP contribution in [0.1, 0.15) is 40.5 Å². The molecule has 96 valence electrons. The minimum Gasteiger partial charge on any atom is -0.481 e. The van der Waals surface area contributed by atoms with E-state index in [-0.39, 0.29) is 23.9 Å². The van der Waals surface area contributed by atoms with Crippen LogP contribution in [0.4, 0.5) is 0 Å². The summed E-state index contributed by atoms with van der Waals surface area (Å²) in [6, 6.07) is 0. The fraction of sp³-hybridized carbons (Fsp3) is 0.917. The fourth-order valence-corrected chi connectivity index (χ4v) is 1.44. The van der Waals surface area contributed by atoms with Crippen LogP contribution in [-0.4, -0.2) is 36.0 Å². The summed E-state index contributed by atoms with van der Waals surface area (Å²) in [5, 5.41) is 17.6. The first-order valence-corrected chi connectivity index (χ1v) is 5.59. The lowest BCUT2D eigenvalue weighted by Gasteiger charge is -2.27. The van der Waals surface area contributed by atoms with Crippen molar-refractivity contribution >= 4 is 5.97 Å². The van der Waals surface area contributed by atoms with Crippen LogP contribution in [0.3, 0.4) is 0 Å². The molecule has 0 saturated heterocycles. The van der Waals surface area contributed by atoms with Gasteiger partial charge in [0.15, 0.2) is 0 Å². The lowest BCUT2D eigenvalue weighted by molar-refractivity contribution is -0.140. The van der Waals surface area contributed by atoms with E-state index in [4.69, 9.17) is 14.9 Å². The smallest absolute Gasteiger partial charge is 0.303 e. The SMILES string of the molecule is CC(C)(CCO)COCC(C)(C)CC(=O)O. The Bertz CT molecular complexity index is 221. The van der Waals surface area contributed by atoms with Crippen LogP contribution in [-0.2, 0) is 9.53 Å². The molecule has 0 aliphatic heterocycles. The van der Waals surface area contributed by atoms with E-state index in [1.54, 1.807) is 0 Å². The molecule has 0 saturated carbocycles. The van der Waals surface area contributed by atoms with Gasteiger partial charge in [-0.1, -0.05) is 27.7 Å². The molecule has 16 heavy (non-hydrogen) atoms. The Kier molecular flexibility index (Phi) is 5.97. The van der Waals surface area contributed by atoms with Crippen molar-refractivity contribution in [3.63, 3.8) is 0 Å². The van der Waals surface area contributed by atoms with Gasteiger partial charge < -0.3 is 14.9 Å². The van der Waals surface area contributed by atoms with Crippen LogP contribution >= 0.6 is 0 Å². The van der Waals surface area contributed by atoms with Gasteiger partial charge in [0.25, 0.3) is 0 Å². The molecule has 0 aromatic heterocycles. The van der Waals surface area contributed by atoms with Gasteiger partial charge >= 0.3 is 5.97 Å². The van der Waals surface area contributed by atoms with Crippen molar-refractivity contribution in [1.29, 1.82) is 0 Å². The van der Waals surface area contributed by atoms with Crippen LogP contribution in [0.5, 0.6) is 0 Å². The van der Waals surface area contributed by atoms with E-state index in [1.165, 1.54) is 0 Å². The van der Waals surface area contributed by atoms with Crippen molar-refractivity contribution in [3.05, 3.63) is 0 Å². The summed E-state index contributed by atoms with van der Waals surface area (Å²) in [4.78, 5) is 10.6. The topological polar surface area (TPSA) is 66.8 Å². The number of carbonyl (C=O) groups is 1. The molecule has 0 atom stereocenters. The number of hydrogen-bond acceptors (Lipinski definition) is 3. The van der Waals surface area contributed by atoms with E-state index in [0.717, 1.165) is 0 Å². The van der Waals surface area contributed by atoms with Crippen LogP contribution in [0.15, 0.2) is 0 Å². The lowest BCUT2D eigenvalue weighted by Crippen LogP contribution is -2.27. The second-order valence-electron chi connectivity index (χ2n) is 5.87. The molecule has 0 aromatic carbocycles. The van der Waals surface area contributed by atoms with Gasteiger partial charge in [0.1, 0.15) is 0 Å². The van der Waals surface area contributed by atoms with Gasteiger partial charge in [0.2, 0.25) is 0 Å². The molecule has 0 aromatic rings. The monoisotopic (exact) mass is 232 g/mol. The molecule has 0 unspecified atom stereocenters. The molecule has 0 radical (unpaired) electrons. The highest BCUT2D eigenvalue weighted by Gasteiger charge is 2.24. The molecule has 0 aliphatic rings. The molecule has 0 bridgehead atoms. The first-order valence-electron chi connectivity index (χ1n) is 5.59. The third kappa shape index (κ3) is 7.65. The number of aliphatic hydroxyl groups is 1. The minimum absolute atomic E-state index is 0.0615. The quantitative estimate of drug-likeness (QED) is 0.671. The summed E-state index contributed by atoms with van der Waals surface area (Å²) in [6.07, 6.45) is 0.791. The average molecular weight is 232 g/mol. The highest BCUT2D eigenvalue weighted by Crippen LogP contribution is 2.24. The molecule has 0 fully saturated rings. The van der Waals surface area contributed by atoms with E-state index in [1.807, 2.05) is 27.7 Å². The van der Waals surface area contributed by atoms with E-state index in [0.29, 0.717) is 19.6 Å². The second-order valence-corrected chi connectivity index (χ2v) is 5.87. The van der Waals surface area contributed by atoms with Crippen molar-refractivity contribution in [2.45, 2.75) is 40.5 Å². The first-order chi connectivity index (χ1) is 7.18. The number of aliphatic carboxylic acids is 1. The van der Waals surface area contributed by atoms with Crippen molar-refractivity contribution < 1.29 is 19.7 Å². The van der Waals surface area contributed by atoms with E-state index >= 15 is 0 Å². The maximum absolute atomic E-state index is 10.6. The molecule has 4 heteroatoms. The van der Waals surface area contributed by atoms with Crippen molar-refractivity contribution in [3.8, 4) is 0 Å². The van der Waals surface area contributed by atoms with Crippen molar-refractivity contribution in [1.82, 2.24) is 0 Å². The van der Waals surface area contributed by atoms with Gasteiger partial charge in [-0.25, -0.2) is 0 Å². The Morgan fingerprint density at radius 2 is 1.62 bits per heavy atom. The Morgan fingerprint density at radius 3 is 2.06 bits per heavy atom. The Labute approximate surface area is 97.6 Å². The third-order valence-corrected chi connectivity index (χ3v) is 2.40. The van der Waals surface area contributed by atoms with Crippen molar-refractivity contribution in [2.75, 3.05) is 19.8 Å². The number of hydrogen-bond donors (Lipinski definition) is 2. The molecule has 0 amide bonds. The number of carboxylic acid groups (broad SMARTS) is 1. The maximum atomic E-state index is 10.6. The molecule has 0 aliphatic carbocycles. The zero-order valence-corrected chi connectivity index (χ0v) is 10.7. The van der Waals surface area contributed by atoms with Gasteiger partial charge in [0, 0.05) is 6.61 Å². The summed E-state index contributed by atoms with van der Waals surface area (Å²) in [5.74, 6) is -0.803. The number of rotatable bonds is 8. The predicted molar refractivity (Wildman–Crippen MR) is 62.3 cm³/mol. The van der Waals surface area contributed by atoms with Gasteiger partial charge in [-0.15, -0.1) is 0 Å². The maximum Gasteiger partial charge on any atom is 0.303 e. The number of carboxylic acids is 1. The van der Waals surface area contributed by atoms with Gasteiger partial charge in [-0.2, -0.15) is 0 Å². The second kappa shape index (κ2) is 6.21. The van der Waals surface area contributed by atoms with E-state index in [9.17, 15) is 4.79 Å². The predicted octanol–water partition coefficient (Wildman–Crippen LogP) is 1.91. The summed E-state index contributed by atoms with van der Waals surface area (Å²) in [6.45, 7) is 8.90. The average Bonchev–Trinajstić information content (AvgIpc) is 1.99. The number of aliphatic hydroxyl groups excluding tert-OH is 1. The standard InChI is InChI=1S/C12H24O4/c1-11(2,5-6-13)8-16-9-12(3,4)7-10(14)15/h13H,5-9H2,1-4H3,(H,14,15). The lowest BCUT2D eigenvalue weighted by atomic mass is 9.89. The Balaban J connectivity index is 3.92. The molecule has 4 nitrogen and oxygen atoms in total. The minimum atomic E-state index is -0.803.